The Morgan fingerprint density at radius 2 is 1.68 bits per heavy atom. The third-order valence-electron chi connectivity index (χ3n) is 3.61. The van der Waals surface area contributed by atoms with Gasteiger partial charge in [0, 0.05) is 6.04 Å². The van der Waals surface area contributed by atoms with E-state index in [1.807, 2.05) is 48.5 Å². The van der Waals surface area contributed by atoms with Crippen molar-refractivity contribution in [2.75, 3.05) is 0 Å². The van der Waals surface area contributed by atoms with Gasteiger partial charge in [-0.1, -0.05) is 54.6 Å². The summed E-state index contributed by atoms with van der Waals surface area (Å²) < 4.78 is 0. The summed E-state index contributed by atoms with van der Waals surface area (Å²) in [6, 6.07) is 20.1. The minimum atomic E-state index is -0.280. The molecule has 0 aliphatic heterocycles. The number of benzene rings is 2. The number of nitrogens with zero attached hydrogens (tertiary/aromatic N) is 1. The predicted molar refractivity (Wildman–Crippen MR) is 86.6 cm³/mol. The van der Waals surface area contributed by atoms with Gasteiger partial charge in [0.1, 0.15) is 11.6 Å². The molecule has 3 rings (SSSR count). The maximum atomic E-state index is 11.9. The van der Waals surface area contributed by atoms with Gasteiger partial charge in [-0.15, -0.1) is 0 Å². The fourth-order valence-corrected chi connectivity index (χ4v) is 2.21. The van der Waals surface area contributed by atoms with Crippen LogP contribution in [0.25, 0.3) is 17.2 Å². The van der Waals surface area contributed by atoms with E-state index in [1.54, 1.807) is 6.08 Å². The van der Waals surface area contributed by atoms with E-state index < -0.39 is 0 Å². The first-order valence-corrected chi connectivity index (χ1v) is 7.34. The number of nitrogens with one attached hydrogen (secondary N) is 1. The molecule has 1 saturated carbocycles. The Bertz CT molecular complexity index is 735. The lowest BCUT2D eigenvalue weighted by Gasteiger charge is -2.03. The van der Waals surface area contributed by atoms with Crippen molar-refractivity contribution >= 4 is 12.0 Å². The topological polar surface area (TPSA) is 52.9 Å². The highest BCUT2D eigenvalue weighted by molar-refractivity contribution is 6.02. The van der Waals surface area contributed by atoms with Crippen LogP contribution in [0.2, 0.25) is 0 Å². The molecule has 2 aromatic carbocycles. The molecule has 0 atom stereocenters. The summed E-state index contributed by atoms with van der Waals surface area (Å²) in [4.78, 5) is 11.9. The van der Waals surface area contributed by atoms with Crippen molar-refractivity contribution in [2.24, 2.45) is 0 Å². The van der Waals surface area contributed by atoms with Crippen molar-refractivity contribution in [3.8, 4) is 17.2 Å². The van der Waals surface area contributed by atoms with Gasteiger partial charge in [-0.05, 0) is 35.6 Å². The fourth-order valence-electron chi connectivity index (χ4n) is 2.21. The van der Waals surface area contributed by atoms with Crippen LogP contribution in [0.1, 0.15) is 18.4 Å². The van der Waals surface area contributed by atoms with E-state index in [0.717, 1.165) is 29.5 Å². The second kappa shape index (κ2) is 6.28. The first-order valence-electron chi connectivity index (χ1n) is 7.34. The average Bonchev–Trinajstić information content (AvgIpc) is 3.38. The smallest absolute Gasteiger partial charge is 0.262 e. The number of rotatable bonds is 4. The van der Waals surface area contributed by atoms with Crippen molar-refractivity contribution in [3.63, 3.8) is 0 Å². The van der Waals surface area contributed by atoms with Crippen LogP contribution in [0.4, 0.5) is 0 Å². The van der Waals surface area contributed by atoms with Gasteiger partial charge >= 0.3 is 0 Å². The molecule has 0 bridgehead atoms. The number of amides is 1. The van der Waals surface area contributed by atoms with E-state index >= 15 is 0 Å². The van der Waals surface area contributed by atoms with Gasteiger partial charge in [-0.25, -0.2) is 0 Å². The number of carbonyl (C=O) groups excluding carboxylic acids is 1. The van der Waals surface area contributed by atoms with E-state index in [1.165, 1.54) is 0 Å². The van der Waals surface area contributed by atoms with E-state index in [-0.39, 0.29) is 17.5 Å². The van der Waals surface area contributed by atoms with Crippen LogP contribution in [0, 0.1) is 11.3 Å². The summed E-state index contributed by atoms with van der Waals surface area (Å²) >= 11 is 0. The standard InChI is InChI=1S/C19H16N2O/c20-13-17(19(22)21-18-10-11-18)12-14-6-8-16(9-7-14)15-4-2-1-3-5-15/h1-9,12,18H,10-11H2,(H,21,22)/b17-12+. The lowest BCUT2D eigenvalue weighted by atomic mass is 10.0. The summed E-state index contributed by atoms with van der Waals surface area (Å²) in [5.74, 6) is -0.280. The second-order valence-electron chi connectivity index (χ2n) is 5.41. The third kappa shape index (κ3) is 3.42. The summed E-state index contributed by atoms with van der Waals surface area (Å²) in [5.41, 5.74) is 3.25. The van der Waals surface area contributed by atoms with Gasteiger partial charge in [0.2, 0.25) is 0 Å². The average molecular weight is 288 g/mol. The molecule has 1 fully saturated rings. The maximum Gasteiger partial charge on any atom is 0.262 e. The molecule has 22 heavy (non-hydrogen) atoms. The van der Waals surface area contributed by atoms with E-state index in [0.29, 0.717) is 0 Å². The second-order valence-corrected chi connectivity index (χ2v) is 5.41. The van der Waals surface area contributed by atoms with E-state index in [9.17, 15) is 4.79 Å². The van der Waals surface area contributed by atoms with Crippen LogP contribution >= 0.6 is 0 Å². The molecule has 2 aromatic rings. The summed E-state index contributed by atoms with van der Waals surface area (Å²) in [6.07, 6.45) is 3.65. The number of hydrogen-bond acceptors (Lipinski definition) is 2. The molecule has 1 aliphatic carbocycles. The molecule has 0 heterocycles. The highest BCUT2D eigenvalue weighted by atomic mass is 16.1. The molecule has 0 saturated heterocycles. The zero-order valence-electron chi connectivity index (χ0n) is 12.1. The number of carbonyl (C=O) groups is 1. The molecule has 0 aromatic heterocycles. The first kappa shape index (κ1) is 14.1. The zero-order valence-corrected chi connectivity index (χ0v) is 12.1. The quantitative estimate of drug-likeness (QED) is 0.691. The van der Waals surface area contributed by atoms with Gasteiger partial charge in [0.25, 0.3) is 5.91 Å². The minimum absolute atomic E-state index is 0.152. The Balaban J connectivity index is 1.78. The molecule has 1 N–H and O–H groups in total. The molecule has 1 aliphatic rings. The Labute approximate surface area is 129 Å². The van der Waals surface area contributed by atoms with Crippen LogP contribution in [0.3, 0.4) is 0 Å². The summed E-state index contributed by atoms with van der Waals surface area (Å²) in [5, 5.41) is 12.0. The Kier molecular flexibility index (Phi) is 4.02. The zero-order chi connectivity index (χ0) is 15.4. The summed E-state index contributed by atoms with van der Waals surface area (Å²) in [6.45, 7) is 0. The molecule has 0 unspecified atom stereocenters. The van der Waals surface area contributed by atoms with Crippen molar-refractivity contribution in [2.45, 2.75) is 18.9 Å². The highest BCUT2D eigenvalue weighted by Crippen LogP contribution is 2.21. The van der Waals surface area contributed by atoms with Gasteiger partial charge in [-0.3, -0.25) is 4.79 Å². The largest absolute Gasteiger partial charge is 0.349 e. The fraction of sp³-hybridized carbons (Fsp3) is 0.158. The lowest BCUT2D eigenvalue weighted by molar-refractivity contribution is -0.117. The van der Waals surface area contributed by atoms with E-state index in [2.05, 4.69) is 17.4 Å². The Hall–Kier alpha value is -2.86. The van der Waals surface area contributed by atoms with Crippen LogP contribution in [0.15, 0.2) is 60.2 Å². The monoisotopic (exact) mass is 288 g/mol. The molecule has 1 amide bonds. The number of hydrogen-bond donors (Lipinski definition) is 1. The molecule has 3 nitrogen and oxygen atoms in total. The Morgan fingerprint density at radius 1 is 1.05 bits per heavy atom. The van der Waals surface area contributed by atoms with Crippen molar-refractivity contribution in [1.82, 2.24) is 5.32 Å². The van der Waals surface area contributed by atoms with Crippen molar-refractivity contribution in [1.29, 1.82) is 5.26 Å². The number of nitriles is 1. The summed E-state index contributed by atoms with van der Waals surface area (Å²) in [7, 11) is 0. The van der Waals surface area contributed by atoms with Crippen LogP contribution in [-0.4, -0.2) is 11.9 Å². The SMILES string of the molecule is N#C/C(=C\c1ccc(-c2ccccc2)cc1)C(=O)NC1CC1. The molecule has 3 heteroatoms. The van der Waals surface area contributed by atoms with Crippen LogP contribution in [-0.2, 0) is 4.79 Å². The van der Waals surface area contributed by atoms with Crippen LogP contribution in [0.5, 0.6) is 0 Å². The maximum absolute atomic E-state index is 11.9. The lowest BCUT2D eigenvalue weighted by Crippen LogP contribution is -2.26. The third-order valence-corrected chi connectivity index (χ3v) is 3.61. The normalized spacial score (nSPS) is 14.2. The highest BCUT2D eigenvalue weighted by Gasteiger charge is 2.24. The first-order chi connectivity index (χ1) is 10.8. The van der Waals surface area contributed by atoms with Crippen molar-refractivity contribution < 1.29 is 4.79 Å². The molecular weight excluding hydrogens is 272 g/mol. The molecule has 0 radical (unpaired) electrons. The minimum Gasteiger partial charge on any atom is -0.349 e. The van der Waals surface area contributed by atoms with Crippen LogP contribution < -0.4 is 5.32 Å². The molecule has 0 spiro atoms. The Morgan fingerprint density at radius 3 is 2.27 bits per heavy atom. The van der Waals surface area contributed by atoms with Gasteiger partial charge in [0.15, 0.2) is 0 Å². The van der Waals surface area contributed by atoms with Crippen molar-refractivity contribution in [3.05, 3.63) is 65.7 Å². The molecular formula is C19H16N2O. The van der Waals surface area contributed by atoms with Gasteiger partial charge in [-0.2, -0.15) is 5.26 Å². The van der Waals surface area contributed by atoms with Gasteiger partial charge in [0.05, 0.1) is 0 Å². The van der Waals surface area contributed by atoms with E-state index in [4.69, 9.17) is 5.26 Å². The van der Waals surface area contributed by atoms with Gasteiger partial charge < -0.3 is 5.32 Å². The predicted octanol–water partition coefficient (Wildman–Crippen LogP) is 3.54. The molecule has 108 valence electrons.